The van der Waals surface area contributed by atoms with Crippen LogP contribution in [0.4, 0.5) is 5.13 Å². The molecule has 0 aliphatic rings. The quantitative estimate of drug-likeness (QED) is 0.319. The number of ether oxygens (including phenoxy) is 3. The molecule has 0 fully saturated rings. The molecule has 0 radical (unpaired) electrons. The van der Waals surface area contributed by atoms with Crippen molar-refractivity contribution in [2.75, 3.05) is 20.8 Å². The van der Waals surface area contributed by atoms with Crippen molar-refractivity contribution in [1.82, 2.24) is 4.98 Å². The zero-order valence-corrected chi connectivity index (χ0v) is 19.8. The van der Waals surface area contributed by atoms with E-state index in [9.17, 15) is 4.79 Å². The van der Waals surface area contributed by atoms with Crippen LogP contribution in [0.5, 0.6) is 11.5 Å². The largest absolute Gasteiger partial charge is 0.493 e. The number of fused-ring (bicyclic) bond motifs is 1. The van der Waals surface area contributed by atoms with Crippen LogP contribution in [0.1, 0.15) is 12.6 Å². The third kappa shape index (κ3) is 5.18. The highest BCUT2D eigenvalue weighted by molar-refractivity contribution is 7.13. The summed E-state index contributed by atoms with van der Waals surface area (Å²) < 4.78 is 21.9. The predicted molar refractivity (Wildman–Crippen MR) is 127 cm³/mol. The number of rotatable bonds is 7. The van der Waals surface area contributed by atoms with Gasteiger partial charge in [0, 0.05) is 27.4 Å². The van der Waals surface area contributed by atoms with E-state index in [1.54, 1.807) is 44.7 Å². The summed E-state index contributed by atoms with van der Waals surface area (Å²) in [6, 6.07) is 12.7. The number of esters is 1. The van der Waals surface area contributed by atoms with E-state index in [-0.39, 0.29) is 12.4 Å². The second-order valence-corrected chi connectivity index (χ2v) is 8.19. The Labute approximate surface area is 199 Å². The van der Waals surface area contributed by atoms with E-state index in [2.05, 4.69) is 4.98 Å². The summed E-state index contributed by atoms with van der Waals surface area (Å²) in [5, 5.41) is 4.26. The van der Waals surface area contributed by atoms with Gasteiger partial charge in [-0.15, -0.1) is 11.3 Å². The maximum absolute atomic E-state index is 11.8. The van der Waals surface area contributed by atoms with Crippen molar-refractivity contribution in [2.24, 2.45) is 4.99 Å². The number of methoxy groups -OCH3 is 2. The van der Waals surface area contributed by atoms with Gasteiger partial charge in [0.1, 0.15) is 11.3 Å². The molecule has 4 aromatic rings. The van der Waals surface area contributed by atoms with Crippen molar-refractivity contribution in [2.45, 2.75) is 13.3 Å². The van der Waals surface area contributed by atoms with Crippen molar-refractivity contribution >= 4 is 45.0 Å². The second-order valence-electron chi connectivity index (χ2n) is 6.92. The summed E-state index contributed by atoms with van der Waals surface area (Å²) in [5.41, 5.74) is 2.03. The molecule has 0 bridgehead atoms. The van der Waals surface area contributed by atoms with Crippen LogP contribution in [-0.4, -0.2) is 31.8 Å². The Morgan fingerprint density at radius 2 is 1.94 bits per heavy atom. The zero-order chi connectivity index (χ0) is 23.4. The maximum Gasteiger partial charge on any atom is 0.311 e. The standard InChI is InChI=1S/C24H21ClN2O5S/c1-4-31-23(28)11-16-13-33-24(26-16)27-18-12-21(32-19-8-6-15(25)10-17(18)19)14-5-7-20(29-2)22(9-14)30-3/h5-10,12-13H,4,11H2,1-3H3. The van der Waals surface area contributed by atoms with Gasteiger partial charge in [-0.1, -0.05) is 11.6 Å². The van der Waals surface area contributed by atoms with Crippen molar-refractivity contribution in [3.05, 3.63) is 63.9 Å². The molecule has 0 unspecified atom stereocenters. The number of thiazole rings is 1. The van der Waals surface area contributed by atoms with Crippen LogP contribution in [0.15, 0.2) is 57.3 Å². The van der Waals surface area contributed by atoms with Gasteiger partial charge in [-0.2, -0.15) is 0 Å². The van der Waals surface area contributed by atoms with Gasteiger partial charge >= 0.3 is 5.97 Å². The monoisotopic (exact) mass is 484 g/mol. The van der Waals surface area contributed by atoms with Crippen LogP contribution < -0.4 is 14.8 Å². The minimum atomic E-state index is -0.319. The fraction of sp³-hybridized carbons (Fsp3) is 0.208. The maximum atomic E-state index is 11.8. The summed E-state index contributed by atoms with van der Waals surface area (Å²) in [5.74, 6) is 1.48. The van der Waals surface area contributed by atoms with Gasteiger partial charge in [-0.25, -0.2) is 9.98 Å². The lowest BCUT2D eigenvalue weighted by Crippen LogP contribution is -2.07. The highest BCUT2D eigenvalue weighted by Crippen LogP contribution is 2.33. The van der Waals surface area contributed by atoms with E-state index in [4.69, 9.17) is 35.2 Å². The number of carbonyl (C=O) groups is 1. The minimum absolute atomic E-state index is 0.105. The number of hydrogen-bond acceptors (Lipinski definition) is 8. The molecular weight excluding hydrogens is 464 g/mol. The van der Waals surface area contributed by atoms with Gasteiger partial charge in [0.2, 0.25) is 5.13 Å². The Morgan fingerprint density at radius 3 is 2.70 bits per heavy atom. The summed E-state index contributed by atoms with van der Waals surface area (Å²) in [7, 11) is 3.17. The lowest BCUT2D eigenvalue weighted by atomic mass is 10.1. The number of nitrogens with zero attached hydrogens (tertiary/aromatic N) is 2. The molecule has 2 aromatic carbocycles. The zero-order valence-electron chi connectivity index (χ0n) is 18.3. The molecule has 0 saturated carbocycles. The highest BCUT2D eigenvalue weighted by atomic mass is 35.5. The molecule has 9 heteroatoms. The Morgan fingerprint density at radius 1 is 1.12 bits per heavy atom. The van der Waals surface area contributed by atoms with Crippen molar-refractivity contribution in [3.8, 4) is 22.8 Å². The molecule has 0 atom stereocenters. The smallest absolute Gasteiger partial charge is 0.311 e. The Kier molecular flexibility index (Phi) is 6.96. The Hall–Kier alpha value is -3.36. The van der Waals surface area contributed by atoms with Gasteiger partial charge in [-0.05, 0) is 43.3 Å². The first-order valence-electron chi connectivity index (χ1n) is 10.1. The van der Waals surface area contributed by atoms with Crippen LogP contribution in [0.2, 0.25) is 5.02 Å². The molecule has 7 nitrogen and oxygen atoms in total. The molecule has 0 aliphatic carbocycles. The molecule has 4 rings (SSSR count). The van der Waals surface area contributed by atoms with Crippen LogP contribution in [0, 0.1) is 0 Å². The van der Waals surface area contributed by atoms with E-state index in [1.807, 2.05) is 24.3 Å². The number of aromatic nitrogens is 1. The molecule has 0 spiro atoms. The van der Waals surface area contributed by atoms with Crippen molar-refractivity contribution in [1.29, 1.82) is 0 Å². The average molecular weight is 485 g/mol. The van der Waals surface area contributed by atoms with E-state index in [1.165, 1.54) is 11.3 Å². The topological polar surface area (TPSA) is 83.2 Å². The fourth-order valence-electron chi connectivity index (χ4n) is 3.26. The lowest BCUT2D eigenvalue weighted by molar-refractivity contribution is -0.142. The first-order valence-corrected chi connectivity index (χ1v) is 11.4. The van der Waals surface area contributed by atoms with E-state index in [0.29, 0.717) is 50.7 Å². The first-order chi connectivity index (χ1) is 16.0. The van der Waals surface area contributed by atoms with Crippen molar-refractivity contribution < 1.29 is 23.4 Å². The molecule has 0 N–H and O–H groups in total. The molecule has 0 aliphatic heterocycles. The van der Waals surface area contributed by atoms with Crippen LogP contribution in [0.25, 0.3) is 22.3 Å². The Bertz CT molecular complexity index is 1380. The molecule has 33 heavy (non-hydrogen) atoms. The second kappa shape index (κ2) is 10.1. The molecule has 2 aromatic heterocycles. The van der Waals surface area contributed by atoms with Gasteiger partial charge in [0.15, 0.2) is 11.5 Å². The summed E-state index contributed by atoms with van der Waals surface area (Å²) in [6.07, 6.45) is 0.105. The molecular formula is C24H21ClN2O5S. The normalized spacial score (nSPS) is 11.6. The third-order valence-corrected chi connectivity index (χ3v) is 5.78. The van der Waals surface area contributed by atoms with Crippen LogP contribution in [-0.2, 0) is 16.0 Å². The van der Waals surface area contributed by atoms with Gasteiger partial charge in [0.05, 0.1) is 38.3 Å². The molecule has 170 valence electrons. The third-order valence-electron chi connectivity index (χ3n) is 4.76. The van der Waals surface area contributed by atoms with Gasteiger partial charge < -0.3 is 18.6 Å². The minimum Gasteiger partial charge on any atom is -0.493 e. The molecule has 0 saturated heterocycles. The highest BCUT2D eigenvalue weighted by Gasteiger charge is 2.12. The predicted octanol–water partition coefficient (Wildman–Crippen LogP) is 5.56. The summed E-state index contributed by atoms with van der Waals surface area (Å²) in [6.45, 7) is 2.10. The van der Waals surface area contributed by atoms with E-state index in [0.717, 1.165) is 10.9 Å². The van der Waals surface area contributed by atoms with Crippen molar-refractivity contribution in [3.63, 3.8) is 0 Å². The van der Waals surface area contributed by atoms with E-state index >= 15 is 0 Å². The number of halogens is 1. The van der Waals surface area contributed by atoms with Crippen LogP contribution in [0.3, 0.4) is 0 Å². The van der Waals surface area contributed by atoms with E-state index < -0.39 is 0 Å². The average Bonchev–Trinajstić information content (AvgIpc) is 3.25. The number of carbonyl (C=O) groups excluding carboxylic acids is 1. The fourth-order valence-corrected chi connectivity index (χ4v) is 4.13. The molecule has 2 heterocycles. The summed E-state index contributed by atoms with van der Waals surface area (Å²) in [4.78, 5) is 20.9. The lowest BCUT2D eigenvalue weighted by Gasteiger charge is -2.10. The Balaban J connectivity index is 1.82. The first kappa shape index (κ1) is 22.8. The number of hydrogen-bond donors (Lipinski definition) is 0. The molecule has 0 amide bonds. The van der Waals surface area contributed by atoms with Crippen LogP contribution >= 0.6 is 22.9 Å². The SMILES string of the molecule is CCOC(=O)Cc1csc(N=c2cc(-c3ccc(OC)c(OC)c3)oc3ccc(Cl)cc23)n1. The number of benzene rings is 2. The van der Waals surface area contributed by atoms with Gasteiger partial charge in [0.25, 0.3) is 0 Å². The summed E-state index contributed by atoms with van der Waals surface area (Å²) >= 11 is 7.58. The van der Waals surface area contributed by atoms with Gasteiger partial charge in [-0.3, -0.25) is 4.79 Å².